The smallest absolute Gasteiger partial charge is 0.0386 e. The molecular weight excluding hydrogens is 234 g/mol. The highest BCUT2D eigenvalue weighted by atomic mass is 15.1. The van der Waals surface area contributed by atoms with Crippen molar-refractivity contribution in [3.8, 4) is 0 Å². The molecule has 19 heavy (non-hydrogen) atoms. The predicted octanol–water partition coefficient (Wildman–Crippen LogP) is 2.97. The van der Waals surface area contributed by atoms with Gasteiger partial charge in [-0.25, -0.2) is 0 Å². The fraction of sp³-hybridized carbons (Fsp3) is 0.625. The van der Waals surface area contributed by atoms with Gasteiger partial charge in [0.05, 0.1) is 0 Å². The lowest BCUT2D eigenvalue weighted by molar-refractivity contribution is 0.409. The summed E-state index contributed by atoms with van der Waals surface area (Å²) < 4.78 is 0. The molecule has 2 unspecified atom stereocenters. The first-order valence-electron chi connectivity index (χ1n) is 7.68. The number of rotatable bonds is 3. The second-order valence-corrected chi connectivity index (χ2v) is 6.01. The first-order valence-corrected chi connectivity index (χ1v) is 7.68. The minimum absolute atomic E-state index is 0.382. The Hall–Kier alpha value is -1.22. The van der Waals surface area contributed by atoms with Crippen LogP contribution in [-0.4, -0.2) is 25.2 Å². The molecule has 2 aliphatic rings. The Labute approximate surface area is 116 Å². The highest BCUT2D eigenvalue weighted by Gasteiger charge is 2.19. The molecule has 0 spiro atoms. The molecule has 1 saturated carbocycles. The first kappa shape index (κ1) is 12.8. The van der Waals surface area contributed by atoms with Gasteiger partial charge in [0.1, 0.15) is 0 Å². The van der Waals surface area contributed by atoms with Crippen molar-refractivity contribution >= 4 is 11.4 Å². The third kappa shape index (κ3) is 3.21. The number of hydrogen-bond acceptors (Lipinski definition) is 3. The van der Waals surface area contributed by atoms with E-state index in [-0.39, 0.29) is 0 Å². The molecule has 3 nitrogen and oxygen atoms in total. The van der Waals surface area contributed by atoms with Gasteiger partial charge in [-0.3, -0.25) is 0 Å². The van der Waals surface area contributed by atoms with Crippen LogP contribution < -0.4 is 16.0 Å². The fourth-order valence-electron chi connectivity index (χ4n) is 3.36. The van der Waals surface area contributed by atoms with Gasteiger partial charge < -0.3 is 16.0 Å². The monoisotopic (exact) mass is 259 g/mol. The average molecular weight is 259 g/mol. The van der Waals surface area contributed by atoms with E-state index in [1.54, 1.807) is 0 Å². The zero-order valence-corrected chi connectivity index (χ0v) is 11.6. The minimum atomic E-state index is 0.382. The van der Waals surface area contributed by atoms with Gasteiger partial charge in [-0.05, 0) is 56.7 Å². The molecule has 3 heteroatoms. The van der Waals surface area contributed by atoms with E-state index < -0.39 is 0 Å². The molecule has 1 saturated heterocycles. The van der Waals surface area contributed by atoms with E-state index in [9.17, 15) is 0 Å². The highest BCUT2D eigenvalue weighted by molar-refractivity contribution is 5.58. The van der Waals surface area contributed by atoms with Gasteiger partial charge in [0.25, 0.3) is 0 Å². The number of nitrogens with zero attached hydrogens (tertiary/aromatic N) is 1. The summed E-state index contributed by atoms with van der Waals surface area (Å²) in [4.78, 5) is 2.48. The predicted molar refractivity (Wildman–Crippen MR) is 81.7 cm³/mol. The maximum atomic E-state index is 6.06. The molecule has 3 rings (SSSR count). The largest absolute Gasteiger partial charge is 0.382 e. The molecule has 1 aliphatic carbocycles. The van der Waals surface area contributed by atoms with Crippen molar-refractivity contribution in [2.24, 2.45) is 5.73 Å². The fourth-order valence-corrected chi connectivity index (χ4v) is 3.36. The molecule has 1 aromatic rings. The third-order valence-corrected chi connectivity index (χ3v) is 4.40. The second-order valence-electron chi connectivity index (χ2n) is 6.01. The highest BCUT2D eigenvalue weighted by Crippen LogP contribution is 2.26. The zero-order valence-electron chi connectivity index (χ0n) is 11.6. The Balaban J connectivity index is 1.65. The standard InChI is InChI=1S/C16H25N3/c17-13-5-3-6-14(11-13)18-15-7-4-8-16(12-15)19-9-1-2-10-19/h4,7-8,12-14,18H,1-3,5-6,9-11,17H2. The van der Waals surface area contributed by atoms with Crippen molar-refractivity contribution in [3.05, 3.63) is 24.3 Å². The number of benzene rings is 1. The van der Waals surface area contributed by atoms with Crippen LogP contribution >= 0.6 is 0 Å². The van der Waals surface area contributed by atoms with Crippen molar-refractivity contribution < 1.29 is 0 Å². The summed E-state index contributed by atoms with van der Waals surface area (Å²) in [5.41, 5.74) is 8.68. The number of anilines is 2. The third-order valence-electron chi connectivity index (χ3n) is 4.40. The van der Waals surface area contributed by atoms with E-state index in [0.29, 0.717) is 12.1 Å². The lowest BCUT2D eigenvalue weighted by atomic mass is 9.91. The van der Waals surface area contributed by atoms with E-state index in [4.69, 9.17) is 5.73 Å². The lowest BCUT2D eigenvalue weighted by Crippen LogP contribution is -2.34. The minimum Gasteiger partial charge on any atom is -0.382 e. The zero-order chi connectivity index (χ0) is 13.1. The molecule has 0 bridgehead atoms. The Morgan fingerprint density at radius 1 is 1.11 bits per heavy atom. The van der Waals surface area contributed by atoms with E-state index in [0.717, 1.165) is 6.42 Å². The van der Waals surface area contributed by atoms with Crippen LogP contribution in [0.25, 0.3) is 0 Å². The van der Waals surface area contributed by atoms with Gasteiger partial charge in [-0.15, -0.1) is 0 Å². The molecule has 1 heterocycles. The molecule has 2 fully saturated rings. The first-order chi connectivity index (χ1) is 9.31. The van der Waals surface area contributed by atoms with Gasteiger partial charge in [-0.2, -0.15) is 0 Å². The Morgan fingerprint density at radius 2 is 1.95 bits per heavy atom. The molecule has 104 valence electrons. The van der Waals surface area contributed by atoms with Crippen LogP contribution in [0.2, 0.25) is 0 Å². The van der Waals surface area contributed by atoms with Crippen molar-refractivity contribution in [3.63, 3.8) is 0 Å². The number of nitrogens with two attached hydrogens (primary N) is 1. The van der Waals surface area contributed by atoms with Crippen LogP contribution in [0, 0.1) is 0 Å². The summed E-state index contributed by atoms with van der Waals surface area (Å²) in [6, 6.07) is 9.80. The molecule has 0 radical (unpaired) electrons. The number of nitrogens with one attached hydrogen (secondary N) is 1. The van der Waals surface area contributed by atoms with E-state index >= 15 is 0 Å². The Morgan fingerprint density at radius 3 is 2.74 bits per heavy atom. The van der Waals surface area contributed by atoms with Gasteiger partial charge in [0.2, 0.25) is 0 Å². The summed E-state index contributed by atoms with van der Waals surface area (Å²) in [5, 5.41) is 3.67. The summed E-state index contributed by atoms with van der Waals surface area (Å²) in [5.74, 6) is 0. The number of hydrogen-bond donors (Lipinski definition) is 2. The normalized spacial score (nSPS) is 27.5. The van der Waals surface area contributed by atoms with Crippen molar-refractivity contribution in [1.29, 1.82) is 0 Å². The molecular formula is C16H25N3. The molecule has 2 atom stereocenters. The van der Waals surface area contributed by atoms with Gasteiger partial charge in [0.15, 0.2) is 0 Å². The summed E-state index contributed by atoms with van der Waals surface area (Å²) >= 11 is 0. The lowest BCUT2D eigenvalue weighted by Gasteiger charge is -2.28. The summed E-state index contributed by atoms with van der Waals surface area (Å²) in [6.07, 6.45) is 7.45. The van der Waals surface area contributed by atoms with Crippen molar-refractivity contribution in [1.82, 2.24) is 0 Å². The van der Waals surface area contributed by atoms with Crippen LogP contribution in [0.1, 0.15) is 38.5 Å². The maximum Gasteiger partial charge on any atom is 0.0386 e. The van der Waals surface area contributed by atoms with E-state index in [1.807, 2.05) is 0 Å². The van der Waals surface area contributed by atoms with E-state index in [2.05, 4.69) is 34.5 Å². The summed E-state index contributed by atoms with van der Waals surface area (Å²) in [7, 11) is 0. The van der Waals surface area contributed by atoms with Crippen molar-refractivity contribution in [2.45, 2.75) is 50.6 Å². The molecule has 0 amide bonds. The summed E-state index contributed by atoms with van der Waals surface area (Å²) in [6.45, 7) is 2.41. The van der Waals surface area contributed by atoms with Crippen LogP contribution in [0.5, 0.6) is 0 Å². The Kier molecular flexibility index (Phi) is 3.92. The van der Waals surface area contributed by atoms with Crippen LogP contribution in [0.15, 0.2) is 24.3 Å². The molecule has 1 aliphatic heterocycles. The van der Waals surface area contributed by atoms with Crippen molar-refractivity contribution in [2.75, 3.05) is 23.3 Å². The van der Waals surface area contributed by atoms with Crippen LogP contribution in [-0.2, 0) is 0 Å². The Bertz CT molecular complexity index is 412. The van der Waals surface area contributed by atoms with E-state index in [1.165, 1.54) is 56.6 Å². The average Bonchev–Trinajstić information content (AvgIpc) is 2.93. The maximum absolute atomic E-state index is 6.06. The molecule has 3 N–H and O–H groups in total. The van der Waals surface area contributed by atoms with Crippen LogP contribution in [0.4, 0.5) is 11.4 Å². The second kappa shape index (κ2) is 5.83. The SMILES string of the molecule is NC1CCCC(Nc2cccc(N3CCCC3)c2)C1. The van der Waals surface area contributed by atoms with Crippen LogP contribution in [0.3, 0.4) is 0 Å². The van der Waals surface area contributed by atoms with Gasteiger partial charge >= 0.3 is 0 Å². The topological polar surface area (TPSA) is 41.3 Å². The quantitative estimate of drug-likeness (QED) is 0.877. The molecule has 1 aromatic carbocycles. The van der Waals surface area contributed by atoms with Gasteiger partial charge in [0, 0.05) is 36.5 Å². The van der Waals surface area contributed by atoms with Gasteiger partial charge in [-0.1, -0.05) is 6.07 Å². The molecule has 0 aromatic heterocycles.